The molecule has 0 bridgehead atoms. The predicted molar refractivity (Wildman–Crippen MR) is 94.2 cm³/mol. The number of halogens is 2. The monoisotopic (exact) mass is 354 g/mol. The molecule has 0 unspecified atom stereocenters. The van der Waals surface area contributed by atoms with Crippen LogP contribution in [0.1, 0.15) is 21.6 Å². The molecule has 2 N–H and O–H groups in total. The number of aromatic amines is 1. The Hall–Kier alpha value is -3.22. The lowest BCUT2D eigenvalue weighted by atomic mass is 10.1. The largest absolute Gasteiger partial charge is 0.361 e. The molecule has 0 aliphatic carbocycles. The van der Waals surface area contributed by atoms with E-state index in [9.17, 15) is 13.6 Å². The van der Waals surface area contributed by atoms with Crippen molar-refractivity contribution in [2.45, 2.75) is 13.3 Å². The maximum Gasteiger partial charge on any atom is 0.255 e. The first kappa shape index (κ1) is 16.3. The molecule has 5 nitrogen and oxygen atoms in total. The highest BCUT2D eigenvalue weighted by Gasteiger charge is 2.13. The van der Waals surface area contributed by atoms with Crippen LogP contribution in [0.5, 0.6) is 0 Å². The van der Waals surface area contributed by atoms with Crippen LogP contribution in [0.25, 0.3) is 16.6 Å². The van der Waals surface area contributed by atoms with Crippen LogP contribution in [0.4, 0.5) is 8.78 Å². The van der Waals surface area contributed by atoms with Gasteiger partial charge in [-0.1, -0.05) is 0 Å². The van der Waals surface area contributed by atoms with E-state index in [1.54, 1.807) is 24.5 Å². The average Bonchev–Trinajstić information content (AvgIpc) is 3.19. The average molecular weight is 354 g/mol. The zero-order valence-electron chi connectivity index (χ0n) is 14.0. The molecule has 3 heterocycles. The van der Waals surface area contributed by atoms with Gasteiger partial charge in [0.25, 0.3) is 5.91 Å². The van der Waals surface area contributed by atoms with Crippen LogP contribution in [0.3, 0.4) is 0 Å². The fourth-order valence-electron chi connectivity index (χ4n) is 3.10. The number of aromatic nitrogens is 3. The number of aryl methyl sites for hydroxylation is 1. The molecule has 0 fully saturated rings. The number of fused-ring (bicyclic) bond motifs is 2. The molecule has 0 spiro atoms. The second-order valence-electron chi connectivity index (χ2n) is 6.15. The summed E-state index contributed by atoms with van der Waals surface area (Å²) in [6.45, 7) is 2.28. The molecule has 4 aromatic rings. The topological polar surface area (TPSA) is 62.2 Å². The molecule has 3 aromatic heterocycles. The highest BCUT2D eigenvalue weighted by molar-refractivity contribution is 5.99. The third kappa shape index (κ3) is 2.71. The number of H-pyrrole nitrogens is 1. The normalized spacial score (nSPS) is 11.3. The molecule has 0 aliphatic rings. The van der Waals surface area contributed by atoms with Crippen LogP contribution < -0.4 is 5.32 Å². The number of rotatable bonds is 4. The third-order valence-electron chi connectivity index (χ3n) is 4.45. The Labute approximate surface area is 147 Å². The van der Waals surface area contributed by atoms with Gasteiger partial charge >= 0.3 is 0 Å². The lowest BCUT2D eigenvalue weighted by molar-refractivity contribution is 0.0955. The minimum absolute atomic E-state index is 0.224. The second kappa shape index (κ2) is 6.25. The Morgan fingerprint density at radius 2 is 2.12 bits per heavy atom. The van der Waals surface area contributed by atoms with Gasteiger partial charge in [0.2, 0.25) is 0 Å². The summed E-state index contributed by atoms with van der Waals surface area (Å²) in [4.78, 5) is 19.7. The number of nitrogens with zero attached hydrogens (tertiary/aromatic N) is 2. The molecule has 1 aromatic carbocycles. The minimum atomic E-state index is -0.887. The van der Waals surface area contributed by atoms with E-state index >= 15 is 0 Å². The van der Waals surface area contributed by atoms with Gasteiger partial charge in [-0.05, 0) is 37.1 Å². The molecular weight excluding hydrogens is 338 g/mol. The molecule has 0 atom stereocenters. The van der Waals surface area contributed by atoms with Crippen molar-refractivity contribution in [3.05, 3.63) is 71.3 Å². The predicted octanol–water partition coefficient (Wildman–Crippen LogP) is 3.37. The SMILES string of the molecule is Cc1cnc2c(C(=O)NCCc3c[nH]c4cc(F)c(F)cc34)cccn12. The molecule has 26 heavy (non-hydrogen) atoms. The van der Waals surface area contributed by atoms with E-state index in [0.717, 1.165) is 17.3 Å². The number of amides is 1. The van der Waals surface area contributed by atoms with Gasteiger partial charge in [0.15, 0.2) is 11.6 Å². The summed E-state index contributed by atoms with van der Waals surface area (Å²) in [5.41, 5.74) is 3.39. The zero-order valence-corrected chi connectivity index (χ0v) is 14.0. The molecule has 0 saturated carbocycles. The lowest BCUT2D eigenvalue weighted by Crippen LogP contribution is -2.26. The third-order valence-corrected chi connectivity index (χ3v) is 4.45. The van der Waals surface area contributed by atoms with Crippen molar-refractivity contribution in [3.63, 3.8) is 0 Å². The van der Waals surface area contributed by atoms with E-state index in [-0.39, 0.29) is 5.91 Å². The van der Waals surface area contributed by atoms with Crippen LogP contribution in [0, 0.1) is 18.6 Å². The zero-order chi connectivity index (χ0) is 18.3. The summed E-state index contributed by atoms with van der Waals surface area (Å²) in [5, 5.41) is 3.47. The Balaban J connectivity index is 1.49. The van der Waals surface area contributed by atoms with Crippen LogP contribution in [-0.4, -0.2) is 26.8 Å². The second-order valence-corrected chi connectivity index (χ2v) is 6.15. The molecule has 0 aliphatic heterocycles. The summed E-state index contributed by atoms with van der Waals surface area (Å²) in [5.74, 6) is -2.00. The van der Waals surface area contributed by atoms with E-state index in [2.05, 4.69) is 15.3 Å². The fourth-order valence-corrected chi connectivity index (χ4v) is 3.10. The van der Waals surface area contributed by atoms with E-state index in [4.69, 9.17) is 0 Å². The lowest BCUT2D eigenvalue weighted by Gasteiger charge is -2.07. The summed E-state index contributed by atoms with van der Waals surface area (Å²) >= 11 is 0. The number of carbonyl (C=O) groups is 1. The number of carbonyl (C=O) groups excluding carboxylic acids is 1. The molecule has 0 radical (unpaired) electrons. The Bertz CT molecular complexity index is 1130. The van der Waals surface area contributed by atoms with Gasteiger partial charge in [-0.15, -0.1) is 0 Å². The van der Waals surface area contributed by atoms with Crippen LogP contribution >= 0.6 is 0 Å². The number of imidazole rings is 1. The van der Waals surface area contributed by atoms with Crippen LogP contribution in [0.15, 0.2) is 42.9 Å². The standard InChI is InChI=1S/C19H16F2N4O/c1-11-9-24-18-13(3-2-6-25(11)18)19(26)22-5-4-12-10-23-17-8-16(21)15(20)7-14(12)17/h2-3,6-10,23H,4-5H2,1H3,(H,22,26). The van der Waals surface area contributed by atoms with E-state index in [1.807, 2.05) is 17.5 Å². The maximum atomic E-state index is 13.5. The molecule has 132 valence electrons. The van der Waals surface area contributed by atoms with Crippen molar-refractivity contribution in [2.24, 2.45) is 0 Å². The number of benzene rings is 1. The maximum absolute atomic E-state index is 13.5. The first-order valence-corrected chi connectivity index (χ1v) is 8.20. The summed E-state index contributed by atoms with van der Waals surface area (Å²) < 4.78 is 28.6. The first-order valence-electron chi connectivity index (χ1n) is 8.20. The molecule has 4 rings (SSSR count). The van der Waals surface area contributed by atoms with Gasteiger partial charge in [-0.2, -0.15) is 0 Å². The highest BCUT2D eigenvalue weighted by atomic mass is 19.2. The van der Waals surface area contributed by atoms with Gasteiger partial charge in [0.1, 0.15) is 5.65 Å². The van der Waals surface area contributed by atoms with Gasteiger partial charge < -0.3 is 14.7 Å². The number of hydrogen-bond acceptors (Lipinski definition) is 2. The van der Waals surface area contributed by atoms with Gasteiger partial charge in [-0.25, -0.2) is 13.8 Å². The smallest absolute Gasteiger partial charge is 0.255 e. The quantitative estimate of drug-likeness (QED) is 0.590. The van der Waals surface area contributed by atoms with Crippen LogP contribution in [-0.2, 0) is 6.42 Å². The van der Waals surface area contributed by atoms with E-state index in [1.165, 1.54) is 6.07 Å². The molecule has 0 saturated heterocycles. The van der Waals surface area contributed by atoms with Crippen molar-refractivity contribution < 1.29 is 13.6 Å². The molecule has 7 heteroatoms. The van der Waals surface area contributed by atoms with Crippen molar-refractivity contribution in [1.82, 2.24) is 19.7 Å². The highest BCUT2D eigenvalue weighted by Crippen LogP contribution is 2.22. The first-order chi connectivity index (χ1) is 12.5. The summed E-state index contributed by atoms with van der Waals surface area (Å²) in [6, 6.07) is 5.83. The molecular formula is C19H16F2N4O. The number of nitrogens with one attached hydrogen (secondary N) is 2. The van der Waals surface area contributed by atoms with Gasteiger partial charge in [0.05, 0.1) is 5.56 Å². The minimum Gasteiger partial charge on any atom is -0.361 e. The molecule has 1 amide bonds. The van der Waals surface area contributed by atoms with E-state index < -0.39 is 11.6 Å². The number of hydrogen-bond donors (Lipinski definition) is 2. The van der Waals surface area contributed by atoms with Gasteiger partial charge in [0, 0.05) is 47.8 Å². The van der Waals surface area contributed by atoms with Gasteiger partial charge in [-0.3, -0.25) is 4.79 Å². The Morgan fingerprint density at radius 1 is 1.31 bits per heavy atom. The number of pyridine rings is 1. The van der Waals surface area contributed by atoms with E-state index in [0.29, 0.717) is 35.1 Å². The van der Waals surface area contributed by atoms with Crippen molar-refractivity contribution >= 4 is 22.5 Å². The van der Waals surface area contributed by atoms with Crippen molar-refractivity contribution in [1.29, 1.82) is 0 Å². The Morgan fingerprint density at radius 3 is 2.96 bits per heavy atom. The van der Waals surface area contributed by atoms with Crippen molar-refractivity contribution in [2.75, 3.05) is 6.54 Å². The summed E-state index contributed by atoms with van der Waals surface area (Å²) in [7, 11) is 0. The Kier molecular flexibility index (Phi) is 3.91. The fraction of sp³-hybridized carbons (Fsp3) is 0.158. The van der Waals surface area contributed by atoms with Crippen LogP contribution in [0.2, 0.25) is 0 Å². The summed E-state index contributed by atoms with van der Waals surface area (Å²) in [6.07, 6.45) is 5.77. The van der Waals surface area contributed by atoms with Crippen molar-refractivity contribution in [3.8, 4) is 0 Å².